The molecule has 2 aliphatic heterocycles. The predicted octanol–water partition coefficient (Wildman–Crippen LogP) is -0.655. The van der Waals surface area contributed by atoms with E-state index in [-0.39, 0.29) is 6.10 Å². The molecular formula is C11H23N3O. The average molecular weight is 213 g/mol. The van der Waals surface area contributed by atoms with Gasteiger partial charge < -0.3 is 15.3 Å². The lowest BCUT2D eigenvalue weighted by molar-refractivity contribution is 0.0906. The van der Waals surface area contributed by atoms with Gasteiger partial charge in [-0.1, -0.05) is 0 Å². The number of aliphatic hydroxyl groups is 1. The number of rotatable bonds is 2. The Morgan fingerprint density at radius 3 is 2.80 bits per heavy atom. The van der Waals surface area contributed by atoms with Crippen LogP contribution in [0.15, 0.2) is 0 Å². The van der Waals surface area contributed by atoms with Gasteiger partial charge in [0.2, 0.25) is 0 Å². The van der Waals surface area contributed by atoms with Crippen molar-refractivity contribution in [3.05, 3.63) is 0 Å². The maximum Gasteiger partial charge on any atom is 0.0680 e. The van der Waals surface area contributed by atoms with Crippen molar-refractivity contribution in [3.8, 4) is 0 Å². The topological polar surface area (TPSA) is 38.7 Å². The van der Waals surface area contributed by atoms with Crippen LogP contribution in [-0.4, -0.2) is 72.9 Å². The molecule has 2 rings (SSSR count). The molecule has 3 atom stereocenters. The SMILES string of the molecule is CC1CN(C)CCN1CC1CC(O)CN1. The molecule has 4 heteroatoms. The summed E-state index contributed by atoms with van der Waals surface area (Å²) >= 11 is 0. The van der Waals surface area contributed by atoms with Crippen LogP contribution in [-0.2, 0) is 0 Å². The van der Waals surface area contributed by atoms with Crippen LogP contribution in [0.25, 0.3) is 0 Å². The van der Waals surface area contributed by atoms with E-state index < -0.39 is 0 Å². The fourth-order valence-corrected chi connectivity index (χ4v) is 2.67. The third-order valence-electron chi connectivity index (χ3n) is 3.62. The maximum atomic E-state index is 9.45. The number of β-amino-alcohol motifs (C(OH)–C–C–N with tert-alkyl or cyclic N) is 1. The van der Waals surface area contributed by atoms with Crippen molar-refractivity contribution in [3.63, 3.8) is 0 Å². The van der Waals surface area contributed by atoms with Crippen LogP contribution >= 0.6 is 0 Å². The van der Waals surface area contributed by atoms with E-state index >= 15 is 0 Å². The Kier molecular flexibility index (Phi) is 3.61. The van der Waals surface area contributed by atoms with Gasteiger partial charge in [0.15, 0.2) is 0 Å². The van der Waals surface area contributed by atoms with Gasteiger partial charge in [-0.05, 0) is 20.4 Å². The van der Waals surface area contributed by atoms with Crippen LogP contribution in [0.3, 0.4) is 0 Å². The van der Waals surface area contributed by atoms with E-state index in [0.717, 1.165) is 32.6 Å². The second-order valence-electron chi connectivity index (χ2n) is 5.10. The van der Waals surface area contributed by atoms with Crippen LogP contribution < -0.4 is 5.32 Å². The first-order valence-corrected chi connectivity index (χ1v) is 5.99. The molecule has 0 spiro atoms. The lowest BCUT2D eigenvalue weighted by atomic mass is 10.1. The standard InChI is InChI=1S/C11H23N3O/c1-9-7-13(2)3-4-14(9)8-10-5-11(15)6-12-10/h9-12,15H,3-8H2,1-2H3. The Labute approximate surface area is 92.2 Å². The summed E-state index contributed by atoms with van der Waals surface area (Å²) in [5, 5.41) is 12.8. The molecule has 0 radical (unpaired) electrons. The van der Waals surface area contributed by atoms with Gasteiger partial charge in [0.1, 0.15) is 0 Å². The minimum absolute atomic E-state index is 0.127. The minimum atomic E-state index is -0.127. The summed E-state index contributed by atoms with van der Waals surface area (Å²) in [5.41, 5.74) is 0. The molecule has 0 aromatic rings. The quantitative estimate of drug-likeness (QED) is 0.639. The van der Waals surface area contributed by atoms with Crippen LogP contribution in [0.2, 0.25) is 0 Å². The Balaban J connectivity index is 1.79. The van der Waals surface area contributed by atoms with E-state index in [1.165, 1.54) is 6.54 Å². The second kappa shape index (κ2) is 4.78. The number of likely N-dealkylation sites (N-methyl/N-ethyl adjacent to an activating group) is 1. The number of piperazine rings is 1. The van der Waals surface area contributed by atoms with Gasteiger partial charge in [-0.2, -0.15) is 0 Å². The molecule has 0 aliphatic carbocycles. The first-order valence-electron chi connectivity index (χ1n) is 5.99. The molecule has 2 aliphatic rings. The fourth-order valence-electron chi connectivity index (χ4n) is 2.67. The first-order chi connectivity index (χ1) is 7.15. The molecular weight excluding hydrogens is 190 g/mol. The summed E-state index contributed by atoms with van der Waals surface area (Å²) in [7, 11) is 2.19. The minimum Gasteiger partial charge on any atom is -0.392 e. The lowest BCUT2D eigenvalue weighted by Gasteiger charge is -2.39. The molecule has 0 aromatic heterocycles. The van der Waals surface area contributed by atoms with Gasteiger partial charge in [-0.15, -0.1) is 0 Å². The second-order valence-corrected chi connectivity index (χ2v) is 5.10. The van der Waals surface area contributed by atoms with Gasteiger partial charge in [0.05, 0.1) is 6.10 Å². The van der Waals surface area contributed by atoms with Crippen molar-refractivity contribution < 1.29 is 5.11 Å². The predicted molar refractivity (Wildman–Crippen MR) is 60.9 cm³/mol. The molecule has 88 valence electrons. The summed E-state index contributed by atoms with van der Waals surface area (Å²) in [6.45, 7) is 7.64. The first kappa shape index (κ1) is 11.3. The average Bonchev–Trinajstić information content (AvgIpc) is 2.56. The highest BCUT2D eigenvalue weighted by Gasteiger charge is 2.28. The normalized spacial score (nSPS) is 39.8. The highest BCUT2D eigenvalue weighted by atomic mass is 16.3. The van der Waals surface area contributed by atoms with Gasteiger partial charge in [-0.25, -0.2) is 0 Å². The molecule has 0 aromatic carbocycles. The highest BCUT2D eigenvalue weighted by Crippen LogP contribution is 2.13. The summed E-state index contributed by atoms with van der Waals surface area (Å²) in [4.78, 5) is 4.92. The molecule has 0 saturated carbocycles. The summed E-state index contributed by atoms with van der Waals surface area (Å²) in [6.07, 6.45) is 0.789. The van der Waals surface area contributed by atoms with Crippen LogP contribution in [0.5, 0.6) is 0 Å². The van der Waals surface area contributed by atoms with Crippen molar-refractivity contribution in [1.29, 1.82) is 0 Å². The molecule has 4 nitrogen and oxygen atoms in total. The lowest BCUT2D eigenvalue weighted by Crippen LogP contribution is -2.53. The number of nitrogens with zero attached hydrogens (tertiary/aromatic N) is 2. The van der Waals surface area contributed by atoms with E-state index in [9.17, 15) is 5.11 Å². The Hall–Kier alpha value is -0.160. The van der Waals surface area contributed by atoms with Crippen molar-refractivity contribution in [2.75, 3.05) is 39.8 Å². The number of aliphatic hydroxyl groups excluding tert-OH is 1. The Morgan fingerprint density at radius 2 is 2.20 bits per heavy atom. The zero-order chi connectivity index (χ0) is 10.8. The molecule has 2 heterocycles. The molecule has 3 unspecified atom stereocenters. The third kappa shape index (κ3) is 2.91. The van der Waals surface area contributed by atoms with Crippen LogP contribution in [0, 0.1) is 0 Å². The zero-order valence-electron chi connectivity index (χ0n) is 9.82. The number of nitrogens with one attached hydrogen (secondary N) is 1. The van der Waals surface area contributed by atoms with Gasteiger partial charge in [-0.3, -0.25) is 4.90 Å². The van der Waals surface area contributed by atoms with E-state index in [0.29, 0.717) is 12.1 Å². The van der Waals surface area contributed by atoms with Crippen molar-refractivity contribution in [2.45, 2.75) is 31.5 Å². The Bertz CT molecular complexity index is 212. The smallest absolute Gasteiger partial charge is 0.0680 e. The summed E-state index contributed by atoms with van der Waals surface area (Å²) < 4.78 is 0. The Morgan fingerprint density at radius 1 is 1.40 bits per heavy atom. The van der Waals surface area contributed by atoms with Crippen LogP contribution in [0.4, 0.5) is 0 Å². The molecule has 0 amide bonds. The molecule has 2 N–H and O–H groups in total. The van der Waals surface area contributed by atoms with Crippen molar-refractivity contribution in [1.82, 2.24) is 15.1 Å². The third-order valence-corrected chi connectivity index (χ3v) is 3.62. The summed E-state index contributed by atoms with van der Waals surface area (Å²) in [5.74, 6) is 0. The van der Waals surface area contributed by atoms with Crippen LogP contribution in [0.1, 0.15) is 13.3 Å². The number of hydrogen-bond acceptors (Lipinski definition) is 4. The maximum absolute atomic E-state index is 9.45. The zero-order valence-corrected chi connectivity index (χ0v) is 9.82. The molecule has 15 heavy (non-hydrogen) atoms. The van der Waals surface area contributed by atoms with E-state index in [4.69, 9.17) is 0 Å². The van der Waals surface area contributed by atoms with E-state index in [1.807, 2.05) is 0 Å². The summed E-state index contributed by atoms with van der Waals surface area (Å²) in [6, 6.07) is 1.13. The van der Waals surface area contributed by atoms with Crippen molar-refractivity contribution >= 4 is 0 Å². The molecule has 0 bridgehead atoms. The molecule has 2 fully saturated rings. The largest absolute Gasteiger partial charge is 0.392 e. The number of hydrogen-bond donors (Lipinski definition) is 2. The monoisotopic (exact) mass is 213 g/mol. The fraction of sp³-hybridized carbons (Fsp3) is 1.00. The van der Waals surface area contributed by atoms with Gasteiger partial charge in [0, 0.05) is 44.8 Å². The highest BCUT2D eigenvalue weighted by molar-refractivity contribution is 4.87. The van der Waals surface area contributed by atoms with Gasteiger partial charge >= 0.3 is 0 Å². The van der Waals surface area contributed by atoms with Crippen molar-refractivity contribution in [2.24, 2.45) is 0 Å². The van der Waals surface area contributed by atoms with E-state index in [2.05, 4.69) is 29.1 Å². The van der Waals surface area contributed by atoms with E-state index in [1.54, 1.807) is 0 Å². The molecule has 2 saturated heterocycles. The van der Waals surface area contributed by atoms with Gasteiger partial charge in [0.25, 0.3) is 0 Å².